The van der Waals surface area contributed by atoms with E-state index in [4.69, 9.17) is 4.74 Å². The molecule has 1 amide bonds. The molecular formula is C16H16FNO3. The van der Waals surface area contributed by atoms with Gasteiger partial charge in [-0.15, -0.1) is 0 Å². The van der Waals surface area contributed by atoms with E-state index in [0.717, 1.165) is 0 Å². The lowest BCUT2D eigenvalue weighted by atomic mass is 10.2. The van der Waals surface area contributed by atoms with Crippen molar-refractivity contribution in [2.45, 2.75) is 12.8 Å². The first kappa shape index (κ1) is 14.8. The molecule has 0 spiro atoms. The largest absolute Gasteiger partial charge is 0.506 e. The Labute approximate surface area is 122 Å². The Morgan fingerprint density at radius 1 is 1.14 bits per heavy atom. The van der Waals surface area contributed by atoms with Crippen LogP contribution < -0.4 is 10.1 Å². The van der Waals surface area contributed by atoms with Gasteiger partial charge in [0.15, 0.2) is 11.6 Å². The lowest BCUT2D eigenvalue weighted by Gasteiger charge is -2.08. The van der Waals surface area contributed by atoms with Crippen molar-refractivity contribution in [3.63, 3.8) is 0 Å². The van der Waals surface area contributed by atoms with Gasteiger partial charge in [-0.25, -0.2) is 4.39 Å². The number of nitrogens with one attached hydrogen (secondary N) is 1. The Morgan fingerprint density at radius 3 is 2.62 bits per heavy atom. The third-order valence-electron chi connectivity index (χ3n) is 2.82. The maximum atomic E-state index is 13.3. The van der Waals surface area contributed by atoms with Gasteiger partial charge in [0.2, 0.25) is 5.91 Å². The van der Waals surface area contributed by atoms with Crippen molar-refractivity contribution >= 4 is 11.6 Å². The molecule has 0 saturated carbocycles. The highest BCUT2D eigenvalue weighted by atomic mass is 19.1. The Morgan fingerprint density at radius 2 is 1.86 bits per heavy atom. The Hall–Kier alpha value is -2.56. The van der Waals surface area contributed by atoms with E-state index < -0.39 is 5.82 Å². The normalized spacial score (nSPS) is 10.1. The first-order valence-corrected chi connectivity index (χ1v) is 6.62. The number of phenolic OH excluding ortho intramolecular Hbond substituents is 1. The molecular weight excluding hydrogens is 273 g/mol. The van der Waals surface area contributed by atoms with E-state index >= 15 is 0 Å². The first-order chi connectivity index (χ1) is 10.2. The zero-order valence-corrected chi connectivity index (χ0v) is 11.4. The highest BCUT2D eigenvalue weighted by Crippen LogP contribution is 2.21. The number of para-hydroxylation sites is 3. The minimum Gasteiger partial charge on any atom is -0.506 e. The van der Waals surface area contributed by atoms with Crippen LogP contribution in [0, 0.1) is 5.82 Å². The Bertz CT molecular complexity index is 616. The Kier molecular flexibility index (Phi) is 5.15. The molecule has 2 aromatic carbocycles. The van der Waals surface area contributed by atoms with Crippen LogP contribution in [0.2, 0.25) is 0 Å². The van der Waals surface area contributed by atoms with Crippen LogP contribution in [0.4, 0.5) is 10.1 Å². The molecule has 0 atom stereocenters. The molecule has 0 radical (unpaired) electrons. The number of hydrogen-bond acceptors (Lipinski definition) is 3. The molecule has 0 fully saturated rings. The molecule has 0 aliphatic rings. The fourth-order valence-electron chi connectivity index (χ4n) is 1.77. The minimum absolute atomic E-state index is 0.0217. The van der Waals surface area contributed by atoms with E-state index in [9.17, 15) is 14.3 Å². The number of ether oxygens (including phenoxy) is 1. The van der Waals surface area contributed by atoms with Gasteiger partial charge in [-0.3, -0.25) is 4.79 Å². The molecule has 0 bridgehead atoms. The SMILES string of the molecule is O=C(CCCOc1ccccc1F)Nc1ccccc1O. The van der Waals surface area contributed by atoms with Crippen LogP contribution in [-0.2, 0) is 4.79 Å². The van der Waals surface area contributed by atoms with Crippen LogP contribution in [0.5, 0.6) is 11.5 Å². The summed E-state index contributed by atoms with van der Waals surface area (Å²) in [6.45, 7) is 0.245. The predicted octanol–water partition coefficient (Wildman–Crippen LogP) is 3.33. The monoisotopic (exact) mass is 289 g/mol. The van der Waals surface area contributed by atoms with E-state index in [1.807, 2.05) is 0 Å². The second-order valence-corrected chi connectivity index (χ2v) is 4.45. The summed E-state index contributed by atoms with van der Waals surface area (Å²) >= 11 is 0. The molecule has 2 rings (SSSR count). The van der Waals surface area contributed by atoms with Crippen LogP contribution in [0.15, 0.2) is 48.5 Å². The summed E-state index contributed by atoms with van der Waals surface area (Å²) in [4.78, 5) is 11.7. The highest BCUT2D eigenvalue weighted by Gasteiger charge is 2.06. The molecule has 0 heterocycles. The number of carbonyl (C=O) groups excluding carboxylic acids is 1. The van der Waals surface area contributed by atoms with Gasteiger partial charge >= 0.3 is 0 Å². The molecule has 4 nitrogen and oxygen atoms in total. The fraction of sp³-hybridized carbons (Fsp3) is 0.188. The zero-order valence-electron chi connectivity index (χ0n) is 11.4. The van der Waals surface area contributed by atoms with E-state index in [1.165, 1.54) is 18.2 Å². The number of anilines is 1. The summed E-state index contributed by atoms with van der Waals surface area (Å²) in [5.74, 6) is -0.447. The number of phenols is 1. The molecule has 110 valence electrons. The van der Waals surface area contributed by atoms with Crippen LogP contribution in [0.25, 0.3) is 0 Å². The zero-order chi connectivity index (χ0) is 15.1. The average molecular weight is 289 g/mol. The van der Waals surface area contributed by atoms with Crippen molar-refractivity contribution in [1.29, 1.82) is 0 Å². The molecule has 0 saturated heterocycles. The summed E-state index contributed by atoms with van der Waals surface area (Å²) in [5.41, 5.74) is 0.373. The summed E-state index contributed by atoms with van der Waals surface area (Å²) in [6.07, 6.45) is 0.677. The third kappa shape index (κ3) is 4.49. The van der Waals surface area contributed by atoms with Crippen LogP contribution in [0.3, 0.4) is 0 Å². The molecule has 2 aromatic rings. The van der Waals surface area contributed by atoms with Crippen molar-refractivity contribution in [3.8, 4) is 11.5 Å². The van der Waals surface area contributed by atoms with Crippen molar-refractivity contribution in [2.75, 3.05) is 11.9 Å². The predicted molar refractivity (Wildman–Crippen MR) is 77.9 cm³/mol. The molecule has 0 aliphatic heterocycles. The standard InChI is InChI=1S/C16H16FNO3/c17-12-6-1-4-9-15(12)21-11-5-10-16(20)18-13-7-2-3-8-14(13)19/h1-4,6-9,19H,5,10-11H2,(H,18,20). The Balaban J connectivity index is 1.73. The number of amides is 1. The van der Waals surface area contributed by atoms with Gasteiger partial charge in [0.25, 0.3) is 0 Å². The number of carbonyl (C=O) groups is 1. The smallest absolute Gasteiger partial charge is 0.224 e. The van der Waals surface area contributed by atoms with Gasteiger partial charge in [0.1, 0.15) is 5.75 Å². The van der Waals surface area contributed by atoms with Crippen LogP contribution >= 0.6 is 0 Å². The number of halogens is 1. The van der Waals surface area contributed by atoms with Crippen molar-refractivity contribution < 1.29 is 19.0 Å². The molecule has 0 aliphatic carbocycles. The lowest BCUT2D eigenvalue weighted by Crippen LogP contribution is -2.13. The molecule has 5 heteroatoms. The second kappa shape index (κ2) is 7.28. The number of hydrogen-bond donors (Lipinski definition) is 2. The molecule has 21 heavy (non-hydrogen) atoms. The van der Waals surface area contributed by atoms with Gasteiger partial charge in [0.05, 0.1) is 12.3 Å². The molecule has 0 aromatic heterocycles. The fourth-order valence-corrected chi connectivity index (χ4v) is 1.77. The summed E-state index contributed by atoms with van der Waals surface area (Å²) in [6, 6.07) is 12.6. The minimum atomic E-state index is -0.420. The van der Waals surface area contributed by atoms with E-state index in [-0.39, 0.29) is 30.4 Å². The van der Waals surface area contributed by atoms with Gasteiger partial charge < -0.3 is 15.2 Å². The average Bonchev–Trinajstić information content (AvgIpc) is 2.48. The first-order valence-electron chi connectivity index (χ1n) is 6.62. The molecule has 0 unspecified atom stereocenters. The van der Waals surface area contributed by atoms with Crippen LogP contribution in [0.1, 0.15) is 12.8 Å². The van der Waals surface area contributed by atoms with E-state index in [2.05, 4.69) is 5.32 Å². The maximum Gasteiger partial charge on any atom is 0.224 e. The summed E-state index contributed by atoms with van der Waals surface area (Å²) < 4.78 is 18.5. The van der Waals surface area contributed by atoms with Gasteiger partial charge in [-0.1, -0.05) is 24.3 Å². The number of benzene rings is 2. The number of aromatic hydroxyl groups is 1. The van der Waals surface area contributed by atoms with E-state index in [1.54, 1.807) is 30.3 Å². The van der Waals surface area contributed by atoms with Gasteiger partial charge in [-0.2, -0.15) is 0 Å². The van der Waals surface area contributed by atoms with E-state index in [0.29, 0.717) is 12.1 Å². The van der Waals surface area contributed by atoms with Crippen LogP contribution in [-0.4, -0.2) is 17.6 Å². The van der Waals surface area contributed by atoms with Crippen molar-refractivity contribution in [2.24, 2.45) is 0 Å². The highest BCUT2D eigenvalue weighted by molar-refractivity contribution is 5.92. The van der Waals surface area contributed by atoms with Gasteiger partial charge in [0, 0.05) is 6.42 Å². The topological polar surface area (TPSA) is 58.6 Å². The number of rotatable bonds is 6. The molecule has 2 N–H and O–H groups in total. The lowest BCUT2D eigenvalue weighted by molar-refractivity contribution is -0.116. The summed E-state index contributed by atoms with van der Waals surface area (Å²) in [5, 5.41) is 12.1. The maximum absolute atomic E-state index is 13.3. The second-order valence-electron chi connectivity index (χ2n) is 4.45. The third-order valence-corrected chi connectivity index (χ3v) is 2.82. The van der Waals surface area contributed by atoms with Gasteiger partial charge in [-0.05, 0) is 30.7 Å². The summed E-state index contributed by atoms with van der Waals surface area (Å²) in [7, 11) is 0. The van der Waals surface area contributed by atoms with Crippen molar-refractivity contribution in [1.82, 2.24) is 0 Å². The van der Waals surface area contributed by atoms with Crippen molar-refractivity contribution in [3.05, 3.63) is 54.3 Å². The quantitative estimate of drug-likeness (QED) is 0.633.